The second-order valence-corrected chi connectivity index (χ2v) is 4.67. The summed E-state index contributed by atoms with van der Waals surface area (Å²) in [5, 5.41) is 24.6. The third kappa shape index (κ3) is 2.85. The summed E-state index contributed by atoms with van der Waals surface area (Å²) < 4.78 is 5.61. The van der Waals surface area contributed by atoms with Crippen molar-refractivity contribution in [2.75, 3.05) is 13.1 Å². The Kier molecular flexibility index (Phi) is 3.45. The van der Waals surface area contributed by atoms with Gasteiger partial charge in [0, 0.05) is 19.2 Å². The molecule has 1 aromatic rings. The van der Waals surface area contributed by atoms with Gasteiger partial charge in [-0.05, 0) is 13.0 Å². The van der Waals surface area contributed by atoms with Crippen molar-refractivity contribution in [3.05, 3.63) is 44.0 Å². The fourth-order valence-electron chi connectivity index (χ4n) is 1.79. The lowest BCUT2D eigenvalue weighted by atomic mass is 10.00. The van der Waals surface area contributed by atoms with Gasteiger partial charge in [-0.25, -0.2) is 0 Å². The third-order valence-corrected chi connectivity index (χ3v) is 3.05. The molecule has 0 unspecified atom stereocenters. The van der Waals surface area contributed by atoms with E-state index >= 15 is 0 Å². The van der Waals surface area contributed by atoms with Crippen LogP contribution in [0.15, 0.2) is 18.2 Å². The number of nitrogens with one attached hydrogen (secondary N) is 1. The molecule has 1 aliphatic heterocycles. The molecular formula is C11H13N3O5. The summed E-state index contributed by atoms with van der Waals surface area (Å²) in [6.45, 7) is 3.34. The summed E-state index contributed by atoms with van der Waals surface area (Å²) in [6, 6.07) is 3.57. The Morgan fingerprint density at radius 3 is 2.47 bits per heavy atom. The monoisotopic (exact) mass is 267 g/mol. The Bertz CT molecular complexity index is 527. The second-order valence-electron chi connectivity index (χ2n) is 4.67. The molecule has 0 amide bonds. The van der Waals surface area contributed by atoms with Gasteiger partial charge in [0.1, 0.15) is 0 Å². The van der Waals surface area contributed by atoms with E-state index in [0.29, 0.717) is 18.7 Å². The number of non-ortho nitro benzene ring substituents is 1. The predicted molar refractivity (Wildman–Crippen MR) is 65.8 cm³/mol. The highest BCUT2D eigenvalue weighted by atomic mass is 16.6. The van der Waals surface area contributed by atoms with E-state index in [4.69, 9.17) is 4.74 Å². The van der Waals surface area contributed by atoms with Gasteiger partial charge in [0.2, 0.25) is 0 Å². The zero-order valence-corrected chi connectivity index (χ0v) is 10.3. The van der Waals surface area contributed by atoms with E-state index in [0.717, 1.165) is 6.07 Å². The van der Waals surface area contributed by atoms with Crippen LogP contribution in [0.1, 0.15) is 12.5 Å². The van der Waals surface area contributed by atoms with E-state index in [1.165, 1.54) is 12.1 Å². The van der Waals surface area contributed by atoms with E-state index in [9.17, 15) is 20.2 Å². The average molecular weight is 267 g/mol. The molecule has 102 valence electrons. The maximum Gasteiger partial charge on any atom is 0.281 e. The Morgan fingerprint density at radius 2 is 2.00 bits per heavy atom. The van der Waals surface area contributed by atoms with Crippen LogP contribution in [-0.4, -0.2) is 28.5 Å². The number of nitrogens with zero attached hydrogens (tertiary/aromatic N) is 2. The fraction of sp³-hybridized carbons (Fsp3) is 0.455. The van der Waals surface area contributed by atoms with Crippen LogP contribution in [0.2, 0.25) is 0 Å². The van der Waals surface area contributed by atoms with E-state index in [1.54, 1.807) is 0 Å². The Balaban J connectivity index is 2.19. The molecule has 1 saturated heterocycles. The van der Waals surface area contributed by atoms with Gasteiger partial charge in [-0.1, -0.05) is 0 Å². The van der Waals surface area contributed by atoms with Gasteiger partial charge in [-0.3, -0.25) is 20.2 Å². The Hall–Kier alpha value is -2.06. The SMILES string of the molecule is CC1(OCc2ccc([N+](=O)[O-])cc2[N+](=O)[O-])CNC1. The summed E-state index contributed by atoms with van der Waals surface area (Å²) in [4.78, 5) is 20.2. The number of hydrogen-bond acceptors (Lipinski definition) is 6. The highest BCUT2D eigenvalue weighted by Gasteiger charge is 2.33. The molecule has 0 spiro atoms. The van der Waals surface area contributed by atoms with Crippen LogP contribution in [0.4, 0.5) is 11.4 Å². The summed E-state index contributed by atoms with van der Waals surface area (Å²) in [7, 11) is 0. The van der Waals surface area contributed by atoms with Crippen LogP contribution in [0.25, 0.3) is 0 Å². The zero-order valence-electron chi connectivity index (χ0n) is 10.3. The molecule has 0 aromatic heterocycles. The zero-order chi connectivity index (χ0) is 14.0. The molecule has 1 aliphatic rings. The molecule has 1 aromatic carbocycles. The van der Waals surface area contributed by atoms with Crippen LogP contribution in [0.3, 0.4) is 0 Å². The van der Waals surface area contributed by atoms with Gasteiger partial charge in [0.15, 0.2) is 0 Å². The first-order valence-electron chi connectivity index (χ1n) is 5.68. The minimum atomic E-state index is -0.658. The fourth-order valence-corrected chi connectivity index (χ4v) is 1.79. The molecule has 8 nitrogen and oxygen atoms in total. The minimum Gasteiger partial charge on any atom is -0.368 e. The molecule has 0 radical (unpaired) electrons. The summed E-state index contributed by atoms with van der Waals surface area (Å²) >= 11 is 0. The van der Waals surface area contributed by atoms with E-state index in [-0.39, 0.29) is 23.6 Å². The lowest BCUT2D eigenvalue weighted by Crippen LogP contribution is -2.58. The molecule has 0 saturated carbocycles. The average Bonchev–Trinajstić information content (AvgIpc) is 2.33. The number of hydrogen-bond donors (Lipinski definition) is 1. The Morgan fingerprint density at radius 1 is 1.32 bits per heavy atom. The van der Waals surface area contributed by atoms with Gasteiger partial charge in [-0.15, -0.1) is 0 Å². The van der Waals surface area contributed by atoms with Crippen LogP contribution < -0.4 is 5.32 Å². The quantitative estimate of drug-likeness (QED) is 0.637. The van der Waals surface area contributed by atoms with Crippen LogP contribution in [0, 0.1) is 20.2 Å². The smallest absolute Gasteiger partial charge is 0.281 e. The van der Waals surface area contributed by atoms with Crippen molar-refractivity contribution >= 4 is 11.4 Å². The first-order valence-corrected chi connectivity index (χ1v) is 5.68. The molecule has 2 rings (SSSR count). The second kappa shape index (κ2) is 4.90. The standard InChI is InChI=1S/C11H13N3O5/c1-11(6-12-7-11)19-5-8-2-3-9(13(15)16)4-10(8)14(17)18/h2-4,12H,5-7H2,1H3. The number of benzene rings is 1. The predicted octanol–water partition coefficient (Wildman–Crippen LogP) is 1.38. The first kappa shape index (κ1) is 13.4. The highest BCUT2D eigenvalue weighted by Crippen LogP contribution is 2.27. The van der Waals surface area contributed by atoms with Crippen molar-refractivity contribution in [1.82, 2.24) is 5.32 Å². The molecule has 0 atom stereocenters. The van der Waals surface area contributed by atoms with E-state index < -0.39 is 9.85 Å². The number of rotatable bonds is 5. The lowest BCUT2D eigenvalue weighted by molar-refractivity contribution is -0.394. The minimum absolute atomic E-state index is 0.0620. The molecule has 8 heteroatoms. The van der Waals surface area contributed by atoms with Crippen molar-refractivity contribution in [1.29, 1.82) is 0 Å². The topological polar surface area (TPSA) is 108 Å². The molecule has 19 heavy (non-hydrogen) atoms. The van der Waals surface area contributed by atoms with E-state index in [2.05, 4.69) is 5.32 Å². The van der Waals surface area contributed by atoms with Crippen LogP contribution in [-0.2, 0) is 11.3 Å². The highest BCUT2D eigenvalue weighted by molar-refractivity contribution is 5.48. The molecule has 1 N–H and O–H groups in total. The Labute approximate surface area is 108 Å². The lowest BCUT2D eigenvalue weighted by Gasteiger charge is -2.39. The maximum atomic E-state index is 10.9. The maximum absolute atomic E-state index is 10.9. The molecule has 1 fully saturated rings. The summed E-state index contributed by atoms with van der Waals surface area (Å²) in [6.07, 6.45) is 0. The third-order valence-electron chi connectivity index (χ3n) is 3.05. The number of nitro benzene ring substituents is 2. The first-order chi connectivity index (χ1) is 8.91. The van der Waals surface area contributed by atoms with Gasteiger partial charge in [0.05, 0.1) is 33.7 Å². The number of ether oxygens (including phenoxy) is 1. The van der Waals surface area contributed by atoms with Crippen molar-refractivity contribution in [2.24, 2.45) is 0 Å². The van der Waals surface area contributed by atoms with Crippen LogP contribution >= 0.6 is 0 Å². The largest absolute Gasteiger partial charge is 0.368 e. The van der Waals surface area contributed by atoms with Gasteiger partial charge < -0.3 is 10.1 Å². The summed E-state index contributed by atoms with van der Waals surface area (Å²) in [5.74, 6) is 0. The molecule has 0 aliphatic carbocycles. The molecular weight excluding hydrogens is 254 g/mol. The van der Waals surface area contributed by atoms with Gasteiger partial charge in [0.25, 0.3) is 11.4 Å². The van der Waals surface area contributed by atoms with Crippen LogP contribution in [0.5, 0.6) is 0 Å². The van der Waals surface area contributed by atoms with E-state index in [1.807, 2.05) is 6.92 Å². The molecule has 1 heterocycles. The molecule has 0 bridgehead atoms. The van der Waals surface area contributed by atoms with Crippen molar-refractivity contribution in [3.8, 4) is 0 Å². The summed E-state index contributed by atoms with van der Waals surface area (Å²) in [5.41, 5.74) is -0.573. The van der Waals surface area contributed by atoms with Crippen molar-refractivity contribution in [3.63, 3.8) is 0 Å². The van der Waals surface area contributed by atoms with Gasteiger partial charge in [-0.2, -0.15) is 0 Å². The van der Waals surface area contributed by atoms with Crippen molar-refractivity contribution < 1.29 is 14.6 Å². The van der Waals surface area contributed by atoms with Crippen molar-refractivity contribution in [2.45, 2.75) is 19.1 Å². The van der Waals surface area contributed by atoms with Gasteiger partial charge >= 0.3 is 0 Å². The number of nitro groups is 2. The normalized spacial score (nSPS) is 16.7.